The third kappa shape index (κ3) is 2.44. The molecule has 22 heavy (non-hydrogen) atoms. The second kappa shape index (κ2) is 5.43. The lowest BCUT2D eigenvalue weighted by Gasteiger charge is -2.42. The van der Waals surface area contributed by atoms with Crippen molar-refractivity contribution in [3.05, 3.63) is 17.0 Å². The highest BCUT2D eigenvalue weighted by Crippen LogP contribution is 2.20. The number of urea groups is 1. The molecule has 4 amide bonds. The second-order valence-corrected chi connectivity index (χ2v) is 5.68. The molecule has 0 saturated carbocycles. The summed E-state index contributed by atoms with van der Waals surface area (Å²) in [4.78, 5) is 38.1. The quantitative estimate of drug-likeness (QED) is 0.789. The van der Waals surface area contributed by atoms with Crippen LogP contribution in [0.25, 0.3) is 0 Å². The number of nitrogens with one attached hydrogen (secondary N) is 1. The fourth-order valence-corrected chi connectivity index (χ4v) is 2.88. The summed E-state index contributed by atoms with van der Waals surface area (Å²) in [5, 5.41) is 6.35. The number of carbonyl (C=O) groups excluding carboxylic acids is 3. The molecule has 1 N–H and O–H groups in total. The van der Waals surface area contributed by atoms with Crippen LogP contribution in [0.4, 0.5) is 4.79 Å². The van der Waals surface area contributed by atoms with Crippen molar-refractivity contribution >= 4 is 17.8 Å². The zero-order chi connectivity index (χ0) is 15.9. The van der Waals surface area contributed by atoms with Gasteiger partial charge in [-0.1, -0.05) is 5.16 Å². The standard InChI is InChI=1S/C14H18N4O4/c1-8-11(9(2)22-16-8)3-4-12(19)17-6-10(7-17)18-13(20)5-15-14(18)21/h10H,3-7H2,1-2H3,(H,15,21). The molecule has 0 radical (unpaired) electrons. The zero-order valence-electron chi connectivity index (χ0n) is 12.6. The number of likely N-dealkylation sites (tertiary alicyclic amines) is 1. The second-order valence-electron chi connectivity index (χ2n) is 5.68. The maximum atomic E-state index is 12.1. The van der Waals surface area contributed by atoms with Gasteiger partial charge in [0.2, 0.25) is 11.8 Å². The number of imide groups is 1. The number of aryl methyl sites for hydroxylation is 2. The summed E-state index contributed by atoms with van der Waals surface area (Å²) in [6.45, 7) is 4.57. The van der Waals surface area contributed by atoms with E-state index in [1.165, 1.54) is 4.90 Å². The molecule has 1 aromatic rings. The Morgan fingerprint density at radius 2 is 2.09 bits per heavy atom. The number of aromatic nitrogens is 1. The number of nitrogens with zero attached hydrogens (tertiary/aromatic N) is 3. The van der Waals surface area contributed by atoms with E-state index in [-0.39, 0.29) is 30.4 Å². The SMILES string of the molecule is Cc1noc(C)c1CCC(=O)N1CC(N2C(=O)CNC2=O)C1. The van der Waals surface area contributed by atoms with E-state index in [1.807, 2.05) is 13.8 Å². The molecule has 0 aliphatic carbocycles. The van der Waals surface area contributed by atoms with Gasteiger partial charge in [0.1, 0.15) is 5.76 Å². The fraction of sp³-hybridized carbons (Fsp3) is 0.571. The summed E-state index contributed by atoms with van der Waals surface area (Å²) in [6, 6.07) is -0.559. The van der Waals surface area contributed by atoms with Crippen LogP contribution >= 0.6 is 0 Å². The van der Waals surface area contributed by atoms with Gasteiger partial charge in [0, 0.05) is 25.1 Å². The summed E-state index contributed by atoms with van der Waals surface area (Å²) in [7, 11) is 0. The van der Waals surface area contributed by atoms with Crippen molar-refractivity contribution in [2.75, 3.05) is 19.6 Å². The Kier molecular flexibility index (Phi) is 3.59. The van der Waals surface area contributed by atoms with Gasteiger partial charge in [0.05, 0.1) is 18.3 Å². The fourth-order valence-electron chi connectivity index (χ4n) is 2.88. The average Bonchev–Trinajstić information content (AvgIpc) is 2.91. The summed E-state index contributed by atoms with van der Waals surface area (Å²) in [6.07, 6.45) is 0.958. The van der Waals surface area contributed by atoms with Crippen LogP contribution in [0.2, 0.25) is 0 Å². The highest BCUT2D eigenvalue weighted by atomic mass is 16.5. The molecule has 0 atom stereocenters. The van der Waals surface area contributed by atoms with E-state index >= 15 is 0 Å². The Bertz CT molecular complexity index is 597. The maximum absolute atomic E-state index is 12.1. The first-order chi connectivity index (χ1) is 10.5. The van der Waals surface area contributed by atoms with E-state index in [4.69, 9.17) is 4.52 Å². The number of amides is 4. The molecule has 0 aromatic carbocycles. The van der Waals surface area contributed by atoms with E-state index in [0.29, 0.717) is 25.9 Å². The van der Waals surface area contributed by atoms with Crippen molar-refractivity contribution in [1.29, 1.82) is 0 Å². The average molecular weight is 306 g/mol. The van der Waals surface area contributed by atoms with E-state index in [1.54, 1.807) is 4.90 Å². The van der Waals surface area contributed by atoms with Gasteiger partial charge < -0.3 is 14.7 Å². The van der Waals surface area contributed by atoms with Gasteiger partial charge in [0.25, 0.3) is 0 Å². The summed E-state index contributed by atoms with van der Waals surface area (Å²) >= 11 is 0. The Hall–Kier alpha value is -2.38. The maximum Gasteiger partial charge on any atom is 0.324 e. The molecule has 0 bridgehead atoms. The van der Waals surface area contributed by atoms with Gasteiger partial charge in [-0.25, -0.2) is 4.79 Å². The highest BCUT2D eigenvalue weighted by Gasteiger charge is 2.42. The Morgan fingerprint density at radius 3 is 2.64 bits per heavy atom. The van der Waals surface area contributed by atoms with Gasteiger partial charge in [-0.05, 0) is 20.3 Å². The molecule has 2 aliphatic heterocycles. The Labute approximate surface area is 127 Å². The number of hydrogen-bond donors (Lipinski definition) is 1. The smallest absolute Gasteiger partial charge is 0.324 e. The third-order valence-corrected chi connectivity index (χ3v) is 4.23. The minimum atomic E-state index is -0.363. The molecule has 2 aliphatic rings. The van der Waals surface area contributed by atoms with Crippen molar-refractivity contribution in [3.63, 3.8) is 0 Å². The molecular weight excluding hydrogens is 288 g/mol. The lowest BCUT2D eigenvalue weighted by molar-refractivity contribution is -0.142. The van der Waals surface area contributed by atoms with Crippen LogP contribution in [0.3, 0.4) is 0 Å². The first-order valence-electron chi connectivity index (χ1n) is 7.26. The molecule has 8 heteroatoms. The van der Waals surface area contributed by atoms with E-state index in [0.717, 1.165) is 17.0 Å². The van der Waals surface area contributed by atoms with E-state index < -0.39 is 0 Å². The topological polar surface area (TPSA) is 95.8 Å². The van der Waals surface area contributed by atoms with Gasteiger partial charge in [-0.2, -0.15) is 0 Å². The summed E-state index contributed by atoms with van der Waals surface area (Å²) in [5.41, 5.74) is 1.78. The van der Waals surface area contributed by atoms with Crippen LogP contribution in [-0.2, 0) is 16.0 Å². The number of rotatable bonds is 4. The van der Waals surface area contributed by atoms with E-state index in [9.17, 15) is 14.4 Å². The van der Waals surface area contributed by atoms with Crippen molar-refractivity contribution in [3.8, 4) is 0 Å². The molecule has 0 unspecified atom stereocenters. The lowest BCUT2D eigenvalue weighted by Crippen LogP contribution is -2.62. The van der Waals surface area contributed by atoms with E-state index in [2.05, 4.69) is 10.5 Å². The van der Waals surface area contributed by atoms with Crippen molar-refractivity contribution in [2.24, 2.45) is 0 Å². The molecule has 3 heterocycles. The molecular formula is C14H18N4O4. The summed E-state index contributed by atoms with van der Waals surface area (Å²) in [5.74, 6) is 0.534. The van der Waals surface area contributed by atoms with Crippen LogP contribution in [0.5, 0.6) is 0 Å². The molecule has 3 rings (SSSR count). The van der Waals surface area contributed by atoms with Crippen LogP contribution in [-0.4, -0.2) is 58.5 Å². The van der Waals surface area contributed by atoms with Gasteiger partial charge in [0.15, 0.2) is 0 Å². The highest BCUT2D eigenvalue weighted by molar-refractivity contribution is 6.02. The molecule has 2 saturated heterocycles. The molecule has 1 aromatic heterocycles. The first kappa shape index (κ1) is 14.6. The van der Waals surface area contributed by atoms with Crippen LogP contribution in [0.1, 0.15) is 23.4 Å². The Morgan fingerprint density at radius 1 is 1.36 bits per heavy atom. The predicted molar refractivity (Wildman–Crippen MR) is 74.9 cm³/mol. The monoisotopic (exact) mass is 306 g/mol. The van der Waals surface area contributed by atoms with Crippen LogP contribution in [0.15, 0.2) is 4.52 Å². The van der Waals surface area contributed by atoms with Crippen molar-refractivity contribution in [1.82, 2.24) is 20.3 Å². The van der Waals surface area contributed by atoms with Crippen molar-refractivity contribution < 1.29 is 18.9 Å². The third-order valence-electron chi connectivity index (χ3n) is 4.23. The predicted octanol–water partition coefficient (Wildman–Crippen LogP) is -0.0134. The zero-order valence-corrected chi connectivity index (χ0v) is 12.6. The Balaban J connectivity index is 1.50. The molecule has 0 spiro atoms. The summed E-state index contributed by atoms with van der Waals surface area (Å²) < 4.78 is 5.07. The lowest BCUT2D eigenvalue weighted by atomic mass is 10.0. The van der Waals surface area contributed by atoms with Crippen molar-refractivity contribution in [2.45, 2.75) is 32.7 Å². The largest absolute Gasteiger partial charge is 0.361 e. The number of carbonyl (C=O) groups is 3. The van der Waals surface area contributed by atoms with Gasteiger partial charge in [-0.15, -0.1) is 0 Å². The molecule has 8 nitrogen and oxygen atoms in total. The minimum absolute atomic E-state index is 0.0169. The van der Waals surface area contributed by atoms with Crippen LogP contribution < -0.4 is 5.32 Å². The number of hydrogen-bond acceptors (Lipinski definition) is 5. The van der Waals surface area contributed by atoms with Crippen LogP contribution in [0, 0.1) is 13.8 Å². The molecule has 118 valence electrons. The van der Waals surface area contributed by atoms with Gasteiger partial charge >= 0.3 is 6.03 Å². The normalized spacial score (nSPS) is 18.6. The molecule has 2 fully saturated rings. The minimum Gasteiger partial charge on any atom is -0.361 e. The first-order valence-corrected chi connectivity index (χ1v) is 7.26. The van der Waals surface area contributed by atoms with Gasteiger partial charge in [-0.3, -0.25) is 14.5 Å².